The number of thioether (sulfide) groups is 1. The Morgan fingerprint density at radius 2 is 2.04 bits per heavy atom. The van der Waals surface area contributed by atoms with Crippen LogP contribution in [-0.2, 0) is 0 Å². The van der Waals surface area contributed by atoms with E-state index in [-0.39, 0.29) is 6.03 Å². The van der Waals surface area contributed by atoms with Gasteiger partial charge in [-0.25, -0.2) is 4.79 Å². The lowest BCUT2D eigenvalue weighted by atomic mass is 10.1. The highest BCUT2D eigenvalue weighted by Gasteiger charge is 2.28. The molecule has 23 heavy (non-hydrogen) atoms. The van der Waals surface area contributed by atoms with E-state index in [9.17, 15) is 4.79 Å². The fourth-order valence-electron chi connectivity index (χ4n) is 2.84. The lowest BCUT2D eigenvalue weighted by Gasteiger charge is -2.33. The van der Waals surface area contributed by atoms with Gasteiger partial charge in [0.05, 0.1) is 5.69 Å². The Labute approximate surface area is 142 Å². The minimum Gasteiger partial charge on any atom is -0.307 e. The van der Waals surface area contributed by atoms with Crippen LogP contribution < -0.4 is 10.2 Å². The van der Waals surface area contributed by atoms with Crippen molar-refractivity contribution in [2.24, 2.45) is 0 Å². The standard InChI is InChI=1S/C19H22N2OS/c1-4-15-12-21(17-7-5-6-8-18(17)23-15)19(22)20-16-10-9-13(2)11-14(16)3/h5-11,15H,4,12H2,1-3H3,(H,20,22)/t15-/m1/s1. The van der Waals surface area contributed by atoms with Crippen molar-refractivity contribution in [3.63, 3.8) is 0 Å². The Morgan fingerprint density at radius 1 is 1.26 bits per heavy atom. The number of fused-ring (bicyclic) bond motifs is 1. The lowest BCUT2D eigenvalue weighted by Crippen LogP contribution is -2.42. The summed E-state index contributed by atoms with van der Waals surface area (Å²) in [7, 11) is 0. The van der Waals surface area contributed by atoms with Crippen LogP contribution in [0.4, 0.5) is 16.2 Å². The van der Waals surface area contributed by atoms with E-state index >= 15 is 0 Å². The number of amides is 2. The lowest BCUT2D eigenvalue weighted by molar-refractivity contribution is 0.256. The summed E-state index contributed by atoms with van der Waals surface area (Å²) < 4.78 is 0. The van der Waals surface area contributed by atoms with Gasteiger partial charge in [-0.2, -0.15) is 0 Å². The number of nitrogens with one attached hydrogen (secondary N) is 1. The van der Waals surface area contributed by atoms with Crippen LogP contribution in [0.2, 0.25) is 0 Å². The largest absolute Gasteiger partial charge is 0.326 e. The first kappa shape index (κ1) is 15.9. The van der Waals surface area contributed by atoms with Crippen LogP contribution in [-0.4, -0.2) is 17.8 Å². The van der Waals surface area contributed by atoms with E-state index in [1.165, 1.54) is 10.5 Å². The zero-order valence-electron chi connectivity index (χ0n) is 13.8. The monoisotopic (exact) mass is 326 g/mol. The second kappa shape index (κ2) is 6.67. The summed E-state index contributed by atoms with van der Waals surface area (Å²) in [5.74, 6) is 0. The number of benzene rings is 2. The number of aryl methyl sites for hydroxylation is 2. The van der Waals surface area contributed by atoms with Crippen molar-refractivity contribution in [2.75, 3.05) is 16.8 Å². The molecule has 2 aromatic rings. The molecule has 1 aliphatic rings. The molecule has 1 aliphatic heterocycles. The van der Waals surface area contributed by atoms with Crippen LogP contribution >= 0.6 is 11.8 Å². The van der Waals surface area contributed by atoms with Crippen molar-refractivity contribution in [3.05, 3.63) is 53.6 Å². The number of urea groups is 1. The molecule has 2 amide bonds. The van der Waals surface area contributed by atoms with Gasteiger partial charge in [-0.05, 0) is 44.0 Å². The van der Waals surface area contributed by atoms with Gasteiger partial charge in [-0.1, -0.05) is 36.8 Å². The molecule has 0 aromatic heterocycles. The maximum atomic E-state index is 12.8. The van der Waals surface area contributed by atoms with Crippen molar-refractivity contribution in [1.29, 1.82) is 0 Å². The molecular formula is C19H22N2OS. The van der Waals surface area contributed by atoms with Crippen molar-refractivity contribution >= 4 is 29.2 Å². The van der Waals surface area contributed by atoms with E-state index in [0.29, 0.717) is 5.25 Å². The Bertz CT molecular complexity index is 729. The van der Waals surface area contributed by atoms with Gasteiger partial charge >= 0.3 is 6.03 Å². The first-order valence-corrected chi connectivity index (χ1v) is 8.88. The second-order valence-electron chi connectivity index (χ2n) is 5.97. The molecule has 120 valence electrons. The normalized spacial score (nSPS) is 16.8. The second-order valence-corrected chi connectivity index (χ2v) is 7.32. The highest BCUT2D eigenvalue weighted by Crippen LogP contribution is 2.39. The first-order chi connectivity index (χ1) is 11.1. The number of carbonyl (C=O) groups is 1. The van der Waals surface area contributed by atoms with E-state index in [2.05, 4.69) is 31.3 Å². The molecule has 0 spiro atoms. The highest BCUT2D eigenvalue weighted by atomic mass is 32.2. The summed E-state index contributed by atoms with van der Waals surface area (Å²) in [6.45, 7) is 7.00. The molecule has 0 saturated carbocycles. The maximum absolute atomic E-state index is 12.8. The fraction of sp³-hybridized carbons (Fsp3) is 0.316. The van der Waals surface area contributed by atoms with Crippen LogP contribution in [0.5, 0.6) is 0 Å². The van der Waals surface area contributed by atoms with Gasteiger partial charge in [0.15, 0.2) is 0 Å². The van der Waals surface area contributed by atoms with E-state index in [0.717, 1.165) is 29.9 Å². The molecule has 0 aliphatic carbocycles. The molecule has 3 rings (SSSR count). The number of hydrogen-bond acceptors (Lipinski definition) is 2. The molecule has 4 heteroatoms. The summed E-state index contributed by atoms with van der Waals surface area (Å²) in [5, 5.41) is 3.51. The van der Waals surface area contributed by atoms with Crippen molar-refractivity contribution in [3.8, 4) is 0 Å². The molecule has 1 N–H and O–H groups in total. The molecule has 0 radical (unpaired) electrons. The minimum atomic E-state index is -0.0526. The molecule has 0 fully saturated rings. The third-order valence-electron chi connectivity index (χ3n) is 4.16. The molecule has 1 atom stereocenters. The molecule has 0 saturated heterocycles. The minimum absolute atomic E-state index is 0.0526. The molecule has 0 bridgehead atoms. The van der Waals surface area contributed by atoms with Gasteiger partial charge < -0.3 is 5.32 Å². The van der Waals surface area contributed by atoms with Crippen LogP contribution in [0.25, 0.3) is 0 Å². The zero-order valence-corrected chi connectivity index (χ0v) is 14.6. The number of anilines is 2. The number of para-hydroxylation sites is 1. The Kier molecular flexibility index (Phi) is 4.62. The number of nitrogens with zero attached hydrogens (tertiary/aromatic N) is 1. The van der Waals surface area contributed by atoms with Crippen LogP contribution in [0.3, 0.4) is 0 Å². The third-order valence-corrected chi connectivity index (χ3v) is 5.57. The summed E-state index contributed by atoms with van der Waals surface area (Å²) in [5.41, 5.74) is 4.17. The molecule has 3 nitrogen and oxygen atoms in total. The van der Waals surface area contributed by atoms with Gasteiger partial charge in [-0.15, -0.1) is 11.8 Å². The van der Waals surface area contributed by atoms with Gasteiger partial charge in [0, 0.05) is 22.4 Å². The predicted molar refractivity (Wildman–Crippen MR) is 98.7 cm³/mol. The quantitative estimate of drug-likeness (QED) is 0.820. The summed E-state index contributed by atoms with van der Waals surface area (Å²) in [6, 6.07) is 14.2. The van der Waals surface area contributed by atoms with Crippen molar-refractivity contribution < 1.29 is 4.79 Å². The van der Waals surface area contributed by atoms with E-state index < -0.39 is 0 Å². The summed E-state index contributed by atoms with van der Waals surface area (Å²) in [6.07, 6.45) is 1.05. The van der Waals surface area contributed by atoms with Gasteiger partial charge in [0.25, 0.3) is 0 Å². The average molecular weight is 326 g/mol. The zero-order chi connectivity index (χ0) is 16.4. The Hall–Kier alpha value is -1.94. The van der Waals surface area contributed by atoms with Gasteiger partial charge in [-0.3, -0.25) is 4.90 Å². The van der Waals surface area contributed by atoms with E-state index in [1.807, 2.05) is 53.9 Å². The van der Waals surface area contributed by atoms with Crippen molar-refractivity contribution in [1.82, 2.24) is 0 Å². The maximum Gasteiger partial charge on any atom is 0.326 e. The van der Waals surface area contributed by atoms with Gasteiger partial charge in [0.2, 0.25) is 0 Å². The summed E-state index contributed by atoms with van der Waals surface area (Å²) in [4.78, 5) is 15.9. The third kappa shape index (κ3) is 3.37. The average Bonchev–Trinajstić information content (AvgIpc) is 2.56. The topological polar surface area (TPSA) is 32.3 Å². The highest BCUT2D eigenvalue weighted by molar-refractivity contribution is 8.00. The fourth-order valence-corrected chi connectivity index (χ4v) is 4.05. The summed E-state index contributed by atoms with van der Waals surface area (Å²) >= 11 is 1.87. The Morgan fingerprint density at radius 3 is 2.78 bits per heavy atom. The molecule has 2 aromatic carbocycles. The first-order valence-electron chi connectivity index (χ1n) is 8.00. The predicted octanol–water partition coefficient (Wildman–Crippen LogP) is 5.23. The Balaban J connectivity index is 1.86. The van der Waals surface area contributed by atoms with Crippen LogP contribution in [0.1, 0.15) is 24.5 Å². The van der Waals surface area contributed by atoms with Crippen molar-refractivity contribution in [2.45, 2.75) is 37.3 Å². The number of rotatable bonds is 2. The van der Waals surface area contributed by atoms with Crippen LogP contribution in [0, 0.1) is 13.8 Å². The van der Waals surface area contributed by atoms with E-state index in [4.69, 9.17) is 0 Å². The number of carbonyl (C=O) groups excluding carboxylic acids is 1. The molecule has 1 heterocycles. The number of hydrogen-bond donors (Lipinski definition) is 1. The van der Waals surface area contributed by atoms with Crippen LogP contribution in [0.15, 0.2) is 47.4 Å². The van der Waals surface area contributed by atoms with E-state index in [1.54, 1.807) is 0 Å². The van der Waals surface area contributed by atoms with Gasteiger partial charge in [0.1, 0.15) is 0 Å². The molecular weight excluding hydrogens is 304 g/mol. The SMILES string of the molecule is CC[C@@H]1CN(C(=O)Nc2ccc(C)cc2C)c2ccccc2S1. The molecule has 0 unspecified atom stereocenters. The smallest absolute Gasteiger partial charge is 0.307 e.